The number of likely N-dealkylation sites (tertiary alicyclic amines) is 1. The van der Waals surface area contributed by atoms with Crippen LogP contribution in [0.1, 0.15) is 38.5 Å². The molecular weight excluding hydrogens is 252 g/mol. The Kier molecular flexibility index (Phi) is 3.95. The van der Waals surface area contributed by atoms with Crippen molar-refractivity contribution in [3.05, 3.63) is 0 Å². The van der Waals surface area contributed by atoms with Gasteiger partial charge in [-0.2, -0.15) is 5.26 Å². The molecule has 0 bridgehead atoms. The summed E-state index contributed by atoms with van der Waals surface area (Å²) in [6.07, 6.45) is 6.23. The molecule has 2 unspecified atom stereocenters. The summed E-state index contributed by atoms with van der Waals surface area (Å²) in [5, 5.41) is 15.8. The van der Waals surface area contributed by atoms with Gasteiger partial charge in [0, 0.05) is 19.1 Å². The highest BCUT2D eigenvalue weighted by molar-refractivity contribution is 5.79. The Morgan fingerprint density at radius 3 is 2.85 bits per heavy atom. The number of nitriles is 1. The SMILES string of the molecule is N#CC1(NC(=O)CN2CC3CCCNC3C2)CCCC1. The van der Waals surface area contributed by atoms with Crippen molar-refractivity contribution < 1.29 is 4.79 Å². The molecule has 5 nitrogen and oxygen atoms in total. The molecule has 1 amide bonds. The molecular formula is C15H24N4O. The van der Waals surface area contributed by atoms with Gasteiger partial charge in [-0.1, -0.05) is 0 Å². The summed E-state index contributed by atoms with van der Waals surface area (Å²) < 4.78 is 0. The maximum atomic E-state index is 12.2. The largest absolute Gasteiger partial charge is 0.337 e. The van der Waals surface area contributed by atoms with Crippen LogP contribution in [0.3, 0.4) is 0 Å². The molecule has 0 spiro atoms. The Hall–Kier alpha value is -1.12. The summed E-state index contributed by atoms with van der Waals surface area (Å²) in [4.78, 5) is 14.4. The molecule has 2 atom stereocenters. The van der Waals surface area contributed by atoms with Gasteiger partial charge in [0.25, 0.3) is 0 Å². The minimum Gasteiger partial charge on any atom is -0.337 e. The lowest BCUT2D eigenvalue weighted by atomic mass is 9.94. The Labute approximate surface area is 120 Å². The van der Waals surface area contributed by atoms with E-state index >= 15 is 0 Å². The second-order valence-corrected chi connectivity index (χ2v) is 6.61. The second-order valence-electron chi connectivity index (χ2n) is 6.61. The van der Waals surface area contributed by atoms with Gasteiger partial charge >= 0.3 is 0 Å². The van der Waals surface area contributed by atoms with E-state index in [0.717, 1.165) is 45.3 Å². The predicted octanol–water partition coefficient (Wildman–Crippen LogP) is 0.623. The van der Waals surface area contributed by atoms with Crippen LogP contribution in [0, 0.1) is 17.2 Å². The highest BCUT2D eigenvalue weighted by Gasteiger charge is 2.38. The number of hydrogen-bond acceptors (Lipinski definition) is 4. The van der Waals surface area contributed by atoms with Crippen LogP contribution in [0.25, 0.3) is 0 Å². The van der Waals surface area contributed by atoms with E-state index in [1.165, 1.54) is 12.8 Å². The lowest BCUT2D eigenvalue weighted by Crippen LogP contribution is -2.49. The Bertz CT molecular complexity index is 397. The molecule has 2 saturated heterocycles. The number of nitrogens with one attached hydrogen (secondary N) is 2. The number of carbonyl (C=O) groups is 1. The molecule has 2 heterocycles. The monoisotopic (exact) mass is 276 g/mol. The minimum atomic E-state index is -0.582. The van der Waals surface area contributed by atoms with Crippen molar-refractivity contribution in [2.45, 2.75) is 50.1 Å². The standard InChI is InChI=1S/C15H24N4O/c16-11-15(5-1-2-6-15)18-14(20)10-19-8-12-4-3-7-17-13(12)9-19/h12-13,17H,1-10H2,(H,18,20). The van der Waals surface area contributed by atoms with Crippen molar-refractivity contribution >= 4 is 5.91 Å². The molecule has 0 aromatic rings. The highest BCUT2D eigenvalue weighted by Crippen LogP contribution is 2.29. The fourth-order valence-electron chi connectivity index (χ4n) is 4.02. The third kappa shape index (κ3) is 2.82. The summed E-state index contributed by atoms with van der Waals surface area (Å²) in [6, 6.07) is 2.88. The first kappa shape index (κ1) is 13.8. The molecule has 1 aliphatic carbocycles. The first-order valence-electron chi connectivity index (χ1n) is 7.89. The summed E-state index contributed by atoms with van der Waals surface area (Å²) in [5.41, 5.74) is -0.582. The van der Waals surface area contributed by atoms with Crippen LogP contribution in [0.15, 0.2) is 0 Å². The molecule has 3 rings (SSSR count). The first-order valence-corrected chi connectivity index (χ1v) is 7.89. The Balaban J connectivity index is 1.51. The van der Waals surface area contributed by atoms with E-state index in [0.29, 0.717) is 18.5 Å². The van der Waals surface area contributed by atoms with Crippen molar-refractivity contribution in [2.75, 3.05) is 26.2 Å². The summed E-state index contributed by atoms with van der Waals surface area (Å²) in [5.74, 6) is 0.722. The van der Waals surface area contributed by atoms with E-state index in [4.69, 9.17) is 0 Å². The Morgan fingerprint density at radius 1 is 1.35 bits per heavy atom. The third-order valence-electron chi connectivity index (χ3n) is 5.09. The van der Waals surface area contributed by atoms with Crippen LogP contribution in [0.5, 0.6) is 0 Å². The summed E-state index contributed by atoms with van der Waals surface area (Å²) in [7, 11) is 0. The molecule has 110 valence electrons. The van der Waals surface area contributed by atoms with Gasteiger partial charge in [0.15, 0.2) is 0 Å². The van der Waals surface area contributed by atoms with Crippen molar-refractivity contribution in [1.29, 1.82) is 5.26 Å². The number of nitrogens with zero attached hydrogens (tertiary/aromatic N) is 2. The smallest absolute Gasteiger partial charge is 0.235 e. The van der Waals surface area contributed by atoms with Crippen molar-refractivity contribution in [2.24, 2.45) is 5.92 Å². The molecule has 0 aromatic heterocycles. The van der Waals surface area contributed by atoms with Crippen LogP contribution in [0.4, 0.5) is 0 Å². The van der Waals surface area contributed by atoms with E-state index in [2.05, 4.69) is 21.6 Å². The zero-order valence-electron chi connectivity index (χ0n) is 12.0. The number of piperidine rings is 1. The van der Waals surface area contributed by atoms with E-state index < -0.39 is 5.54 Å². The molecule has 5 heteroatoms. The first-order chi connectivity index (χ1) is 9.71. The van der Waals surface area contributed by atoms with E-state index in [1.54, 1.807) is 0 Å². The number of hydrogen-bond donors (Lipinski definition) is 2. The number of rotatable bonds is 3. The molecule has 3 aliphatic rings. The van der Waals surface area contributed by atoms with Crippen LogP contribution in [-0.2, 0) is 4.79 Å². The number of fused-ring (bicyclic) bond motifs is 1. The van der Waals surface area contributed by atoms with Crippen molar-refractivity contribution in [1.82, 2.24) is 15.5 Å². The van der Waals surface area contributed by atoms with Gasteiger partial charge in [-0.3, -0.25) is 9.69 Å². The zero-order chi connectivity index (χ0) is 14.0. The second kappa shape index (κ2) is 5.71. The average Bonchev–Trinajstić information content (AvgIpc) is 3.05. The normalized spacial score (nSPS) is 32.5. The number of carbonyl (C=O) groups excluding carboxylic acids is 1. The predicted molar refractivity (Wildman–Crippen MR) is 75.9 cm³/mol. The van der Waals surface area contributed by atoms with Crippen molar-refractivity contribution in [3.8, 4) is 6.07 Å². The molecule has 2 N–H and O–H groups in total. The summed E-state index contributed by atoms with van der Waals surface area (Å²) in [6.45, 7) is 3.54. The quantitative estimate of drug-likeness (QED) is 0.793. The molecule has 20 heavy (non-hydrogen) atoms. The summed E-state index contributed by atoms with van der Waals surface area (Å²) >= 11 is 0. The van der Waals surface area contributed by atoms with Crippen LogP contribution in [0.2, 0.25) is 0 Å². The molecule has 1 saturated carbocycles. The topological polar surface area (TPSA) is 68.2 Å². The maximum Gasteiger partial charge on any atom is 0.235 e. The van der Waals surface area contributed by atoms with E-state index in [1.807, 2.05) is 0 Å². The van der Waals surface area contributed by atoms with Gasteiger partial charge < -0.3 is 10.6 Å². The average molecular weight is 276 g/mol. The van der Waals surface area contributed by atoms with Gasteiger partial charge in [0.05, 0.1) is 12.6 Å². The van der Waals surface area contributed by atoms with Gasteiger partial charge in [0.1, 0.15) is 5.54 Å². The minimum absolute atomic E-state index is 0.0205. The molecule has 2 aliphatic heterocycles. The fraction of sp³-hybridized carbons (Fsp3) is 0.867. The molecule has 0 aromatic carbocycles. The fourth-order valence-corrected chi connectivity index (χ4v) is 4.02. The molecule has 0 radical (unpaired) electrons. The van der Waals surface area contributed by atoms with Gasteiger partial charge in [-0.05, 0) is 51.0 Å². The maximum absolute atomic E-state index is 12.2. The zero-order valence-corrected chi connectivity index (χ0v) is 12.0. The van der Waals surface area contributed by atoms with Crippen LogP contribution in [-0.4, -0.2) is 48.6 Å². The van der Waals surface area contributed by atoms with Crippen molar-refractivity contribution in [3.63, 3.8) is 0 Å². The van der Waals surface area contributed by atoms with Crippen LogP contribution < -0.4 is 10.6 Å². The Morgan fingerprint density at radius 2 is 2.15 bits per heavy atom. The van der Waals surface area contributed by atoms with Gasteiger partial charge in [-0.25, -0.2) is 0 Å². The lowest BCUT2D eigenvalue weighted by Gasteiger charge is -2.24. The number of amides is 1. The molecule has 3 fully saturated rings. The van der Waals surface area contributed by atoms with E-state index in [-0.39, 0.29) is 5.91 Å². The van der Waals surface area contributed by atoms with Gasteiger partial charge in [-0.15, -0.1) is 0 Å². The third-order valence-corrected chi connectivity index (χ3v) is 5.09. The highest BCUT2D eigenvalue weighted by atomic mass is 16.2. The van der Waals surface area contributed by atoms with E-state index in [9.17, 15) is 10.1 Å². The lowest BCUT2D eigenvalue weighted by molar-refractivity contribution is -0.123. The van der Waals surface area contributed by atoms with Crippen LogP contribution >= 0.6 is 0 Å². The van der Waals surface area contributed by atoms with Gasteiger partial charge in [0.2, 0.25) is 5.91 Å².